The Kier molecular flexibility index (Phi) is 6.80. The summed E-state index contributed by atoms with van der Waals surface area (Å²) < 4.78 is 0. The van der Waals surface area contributed by atoms with Crippen LogP contribution < -0.4 is 15.5 Å². The second-order valence-electron chi connectivity index (χ2n) is 9.09. The number of carbonyl (C=O) groups excluding carboxylic acids is 2. The van der Waals surface area contributed by atoms with E-state index in [0.29, 0.717) is 11.3 Å². The van der Waals surface area contributed by atoms with Crippen molar-refractivity contribution in [3.8, 4) is 0 Å². The fraction of sp³-hybridized carbons (Fsp3) is 0.440. The highest BCUT2D eigenvalue weighted by Gasteiger charge is 2.24. The molecular weight excluding hydrogens is 374 g/mol. The number of nitrogens with one attached hydrogen (secondary N) is 2. The molecule has 0 bridgehead atoms. The predicted molar refractivity (Wildman–Crippen MR) is 123 cm³/mol. The van der Waals surface area contributed by atoms with Crippen LogP contribution in [0.15, 0.2) is 48.5 Å². The van der Waals surface area contributed by atoms with Crippen LogP contribution in [0.1, 0.15) is 68.9 Å². The van der Waals surface area contributed by atoms with Gasteiger partial charge in [0.25, 0.3) is 5.91 Å². The molecule has 1 saturated heterocycles. The summed E-state index contributed by atoms with van der Waals surface area (Å²) in [4.78, 5) is 28.0. The topological polar surface area (TPSA) is 61.4 Å². The van der Waals surface area contributed by atoms with Crippen molar-refractivity contribution in [2.24, 2.45) is 5.41 Å². The van der Waals surface area contributed by atoms with Gasteiger partial charge in [-0.05, 0) is 49.9 Å². The van der Waals surface area contributed by atoms with Crippen molar-refractivity contribution in [2.75, 3.05) is 23.3 Å². The van der Waals surface area contributed by atoms with Gasteiger partial charge < -0.3 is 15.5 Å². The van der Waals surface area contributed by atoms with Gasteiger partial charge in [0.2, 0.25) is 5.91 Å². The third-order valence-electron chi connectivity index (χ3n) is 5.52. The van der Waals surface area contributed by atoms with Crippen molar-refractivity contribution in [2.45, 2.75) is 53.0 Å². The van der Waals surface area contributed by atoms with Gasteiger partial charge >= 0.3 is 0 Å². The molecule has 1 heterocycles. The highest BCUT2D eigenvalue weighted by atomic mass is 16.2. The number of nitrogens with zero attached hydrogens (tertiary/aromatic N) is 1. The van der Waals surface area contributed by atoms with E-state index in [0.717, 1.165) is 37.2 Å². The first kappa shape index (κ1) is 21.9. The summed E-state index contributed by atoms with van der Waals surface area (Å²) in [5.41, 5.74) is 2.74. The second kappa shape index (κ2) is 9.33. The average Bonchev–Trinajstić information content (AvgIpc) is 2.74. The van der Waals surface area contributed by atoms with Gasteiger partial charge in [-0.25, -0.2) is 0 Å². The van der Waals surface area contributed by atoms with Crippen LogP contribution in [0.5, 0.6) is 0 Å². The van der Waals surface area contributed by atoms with E-state index >= 15 is 0 Å². The summed E-state index contributed by atoms with van der Waals surface area (Å²) in [6.45, 7) is 9.50. The fourth-order valence-electron chi connectivity index (χ4n) is 3.62. The molecule has 1 fully saturated rings. The van der Waals surface area contributed by atoms with Gasteiger partial charge in [0, 0.05) is 29.9 Å². The van der Waals surface area contributed by atoms with E-state index in [1.165, 1.54) is 6.42 Å². The van der Waals surface area contributed by atoms with Crippen LogP contribution in [0.2, 0.25) is 0 Å². The van der Waals surface area contributed by atoms with E-state index in [2.05, 4.69) is 15.5 Å². The van der Waals surface area contributed by atoms with E-state index in [1.807, 2.05) is 70.2 Å². The molecule has 0 radical (unpaired) electrons. The van der Waals surface area contributed by atoms with Crippen molar-refractivity contribution >= 4 is 23.2 Å². The van der Waals surface area contributed by atoms with E-state index in [9.17, 15) is 9.59 Å². The summed E-state index contributed by atoms with van der Waals surface area (Å²) in [6, 6.07) is 15.5. The molecule has 3 rings (SSSR count). The Morgan fingerprint density at radius 3 is 2.27 bits per heavy atom. The van der Waals surface area contributed by atoms with Crippen LogP contribution in [-0.2, 0) is 4.79 Å². The number of hydrogen-bond acceptors (Lipinski definition) is 3. The molecule has 5 nitrogen and oxygen atoms in total. The van der Waals surface area contributed by atoms with Gasteiger partial charge in [0.05, 0.1) is 11.6 Å². The molecule has 0 spiro atoms. The van der Waals surface area contributed by atoms with Crippen molar-refractivity contribution in [1.29, 1.82) is 0 Å². The van der Waals surface area contributed by atoms with Crippen molar-refractivity contribution in [1.82, 2.24) is 5.32 Å². The fourth-order valence-corrected chi connectivity index (χ4v) is 3.62. The van der Waals surface area contributed by atoms with Gasteiger partial charge in [0.15, 0.2) is 0 Å². The zero-order chi connectivity index (χ0) is 21.7. The Labute approximate surface area is 179 Å². The zero-order valence-corrected chi connectivity index (χ0v) is 18.5. The lowest BCUT2D eigenvalue weighted by atomic mass is 9.95. The Morgan fingerprint density at radius 2 is 1.63 bits per heavy atom. The largest absolute Gasteiger partial charge is 0.371 e. The molecule has 1 aliphatic heterocycles. The minimum Gasteiger partial charge on any atom is -0.371 e. The molecular formula is C25H33N3O2. The van der Waals surface area contributed by atoms with E-state index in [-0.39, 0.29) is 17.9 Å². The minimum atomic E-state index is -0.504. The molecule has 1 atom stereocenters. The quantitative estimate of drug-likeness (QED) is 0.720. The monoisotopic (exact) mass is 407 g/mol. The molecule has 5 heteroatoms. The van der Waals surface area contributed by atoms with E-state index in [1.54, 1.807) is 6.07 Å². The third kappa shape index (κ3) is 5.41. The van der Waals surface area contributed by atoms with Gasteiger partial charge in [-0.3, -0.25) is 9.59 Å². The summed E-state index contributed by atoms with van der Waals surface area (Å²) in [5.74, 6) is -0.198. The highest BCUT2D eigenvalue weighted by molar-refractivity contribution is 6.02. The Morgan fingerprint density at radius 1 is 0.967 bits per heavy atom. The molecule has 2 N–H and O–H groups in total. The Balaban J connectivity index is 1.88. The second-order valence-corrected chi connectivity index (χ2v) is 9.09. The number of rotatable bonds is 5. The number of anilines is 2. The zero-order valence-electron chi connectivity index (χ0n) is 18.5. The standard InChI is InChI=1S/C25H33N3O2/c1-18(19-11-7-5-8-12-19)26-23(29)21-17-20(27-24(30)25(2,3)4)13-14-22(21)28-15-9-6-10-16-28/h5,7-8,11-14,17-18H,6,9-10,15-16H2,1-4H3,(H,26,29)(H,27,30)/t18-/m1/s1. The molecule has 0 unspecified atom stereocenters. The number of hydrogen-bond donors (Lipinski definition) is 2. The summed E-state index contributed by atoms with van der Waals surface area (Å²) in [7, 11) is 0. The molecule has 2 aromatic rings. The van der Waals surface area contributed by atoms with Gasteiger partial charge in [-0.15, -0.1) is 0 Å². The van der Waals surface area contributed by atoms with Crippen LogP contribution in [0, 0.1) is 5.41 Å². The molecule has 0 saturated carbocycles. The van der Waals surface area contributed by atoms with Crippen molar-refractivity contribution < 1.29 is 9.59 Å². The molecule has 30 heavy (non-hydrogen) atoms. The molecule has 2 amide bonds. The third-order valence-corrected chi connectivity index (χ3v) is 5.52. The maximum Gasteiger partial charge on any atom is 0.253 e. The maximum absolute atomic E-state index is 13.3. The van der Waals surface area contributed by atoms with Crippen molar-refractivity contribution in [3.05, 3.63) is 59.7 Å². The predicted octanol–water partition coefficient (Wildman–Crippen LogP) is 5.15. The summed E-state index contributed by atoms with van der Waals surface area (Å²) in [5, 5.41) is 6.08. The molecule has 0 aromatic heterocycles. The average molecular weight is 408 g/mol. The maximum atomic E-state index is 13.3. The van der Waals surface area contributed by atoms with Crippen LogP contribution >= 0.6 is 0 Å². The van der Waals surface area contributed by atoms with Crippen LogP contribution in [-0.4, -0.2) is 24.9 Å². The number of carbonyl (C=O) groups is 2. The number of amides is 2. The van der Waals surface area contributed by atoms with Crippen LogP contribution in [0.4, 0.5) is 11.4 Å². The molecule has 2 aromatic carbocycles. The molecule has 0 aliphatic carbocycles. The summed E-state index contributed by atoms with van der Waals surface area (Å²) >= 11 is 0. The Hall–Kier alpha value is -2.82. The first-order chi connectivity index (χ1) is 14.3. The SMILES string of the molecule is C[C@@H](NC(=O)c1cc(NC(=O)C(C)(C)C)ccc1N1CCCCC1)c1ccccc1. The lowest BCUT2D eigenvalue weighted by Gasteiger charge is -2.31. The smallest absolute Gasteiger partial charge is 0.253 e. The number of piperidine rings is 1. The van der Waals surface area contributed by atoms with E-state index < -0.39 is 5.41 Å². The van der Waals surface area contributed by atoms with Gasteiger partial charge in [-0.1, -0.05) is 51.1 Å². The van der Waals surface area contributed by atoms with Gasteiger partial charge in [0.1, 0.15) is 0 Å². The van der Waals surface area contributed by atoms with Gasteiger partial charge in [-0.2, -0.15) is 0 Å². The number of benzene rings is 2. The normalized spacial score (nSPS) is 15.4. The van der Waals surface area contributed by atoms with Crippen LogP contribution in [0.3, 0.4) is 0 Å². The highest BCUT2D eigenvalue weighted by Crippen LogP contribution is 2.29. The molecule has 160 valence electrons. The summed E-state index contributed by atoms with van der Waals surface area (Å²) in [6.07, 6.45) is 3.48. The first-order valence-corrected chi connectivity index (χ1v) is 10.8. The van der Waals surface area contributed by atoms with Crippen molar-refractivity contribution in [3.63, 3.8) is 0 Å². The van der Waals surface area contributed by atoms with E-state index in [4.69, 9.17) is 0 Å². The lowest BCUT2D eigenvalue weighted by Crippen LogP contribution is -2.34. The first-order valence-electron chi connectivity index (χ1n) is 10.8. The molecule has 1 aliphatic rings. The van der Waals surface area contributed by atoms with Crippen LogP contribution in [0.25, 0.3) is 0 Å². The minimum absolute atomic E-state index is 0.0720. The lowest BCUT2D eigenvalue weighted by molar-refractivity contribution is -0.123. The Bertz CT molecular complexity index is 881.